The van der Waals surface area contributed by atoms with Crippen LogP contribution in [-0.2, 0) is 19.2 Å². The number of carboxylic acids is 4. The second-order valence-corrected chi connectivity index (χ2v) is 7.40. The fourth-order valence-electron chi connectivity index (χ4n) is 4.40. The highest BCUT2D eigenvalue weighted by atomic mass is 16.4. The molecule has 154 valence electrons. The molecule has 1 atom stereocenters. The number of hydrogen-bond donors (Lipinski definition) is 4. The van der Waals surface area contributed by atoms with E-state index in [1.165, 1.54) is 0 Å². The fourth-order valence-corrected chi connectivity index (χ4v) is 4.40. The summed E-state index contributed by atoms with van der Waals surface area (Å²) in [6, 6.07) is 0. The highest BCUT2D eigenvalue weighted by Gasteiger charge is 2.62. The summed E-state index contributed by atoms with van der Waals surface area (Å²) >= 11 is 0. The van der Waals surface area contributed by atoms with Gasteiger partial charge in [0.15, 0.2) is 0 Å². The average Bonchev–Trinajstić information content (AvgIpc) is 2.54. The largest absolute Gasteiger partial charge is 0.481 e. The van der Waals surface area contributed by atoms with Crippen LogP contribution in [0, 0.1) is 11.3 Å². The van der Waals surface area contributed by atoms with Crippen LogP contribution < -0.4 is 0 Å². The molecule has 4 N–H and O–H groups in total. The second kappa shape index (κ2) is 9.03. The van der Waals surface area contributed by atoms with Gasteiger partial charge in [0, 0.05) is 0 Å². The lowest BCUT2D eigenvalue weighted by Gasteiger charge is -2.35. The molecule has 0 radical (unpaired) electrons. The SMILES string of the molecule is O=C(O)/C1=C(\C2=C/CCCCCC2)CCCCC(C(=O)O)C1(C(=O)O)C(=O)O. The first kappa shape index (κ1) is 21.7. The van der Waals surface area contributed by atoms with Crippen molar-refractivity contribution < 1.29 is 39.6 Å². The van der Waals surface area contributed by atoms with Crippen molar-refractivity contribution in [2.75, 3.05) is 0 Å². The van der Waals surface area contributed by atoms with Gasteiger partial charge in [-0.05, 0) is 56.1 Å². The molecule has 0 amide bonds. The van der Waals surface area contributed by atoms with Crippen molar-refractivity contribution in [3.05, 3.63) is 22.8 Å². The summed E-state index contributed by atoms with van der Waals surface area (Å²) in [5.41, 5.74) is -3.00. The lowest BCUT2D eigenvalue weighted by molar-refractivity contribution is -0.174. The van der Waals surface area contributed by atoms with Crippen LogP contribution in [0.15, 0.2) is 22.8 Å². The van der Waals surface area contributed by atoms with Crippen molar-refractivity contribution in [3.63, 3.8) is 0 Å². The number of carbonyl (C=O) groups is 4. The second-order valence-electron chi connectivity index (χ2n) is 7.40. The van der Waals surface area contributed by atoms with Crippen LogP contribution in [0.1, 0.15) is 64.2 Å². The van der Waals surface area contributed by atoms with E-state index >= 15 is 0 Å². The van der Waals surface area contributed by atoms with Crippen molar-refractivity contribution >= 4 is 23.9 Å². The quantitative estimate of drug-likeness (QED) is 0.520. The maximum absolute atomic E-state index is 12.2. The standard InChI is InChI=1S/C20H26O8/c21-16(22)14-11-7-6-10-13(12-8-4-2-1-3-5-9-12)15(17(23)24)20(14,18(25)26)19(27)28/h8,14H,1-7,9-11H2,(H,21,22)(H,23,24)(H,25,26)(H,27,28)/b12-8-,15-13+. The minimum Gasteiger partial charge on any atom is -0.481 e. The Hall–Kier alpha value is -2.64. The van der Waals surface area contributed by atoms with Crippen LogP contribution in [0.5, 0.6) is 0 Å². The summed E-state index contributed by atoms with van der Waals surface area (Å²) in [4.78, 5) is 48.5. The van der Waals surface area contributed by atoms with Crippen LogP contribution in [0.25, 0.3) is 0 Å². The Morgan fingerprint density at radius 2 is 1.43 bits per heavy atom. The Morgan fingerprint density at radius 3 is 2.00 bits per heavy atom. The minimum atomic E-state index is -3.03. The smallest absolute Gasteiger partial charge is 0.333 e. The first-order valence-corrected chi connectivity index (χ1v) is 9.60. The summed E-state index contributed by atoms with van der Waals surface area (Å²) in [6.07, 6.45) is 7.59. The molecule has 0 heterocycles. The molecule has 2 aliphatic carbocycles. The third-order valence-corrected chi connectivity index (χ3v) is 5.75. The van der Waals surface area contributed by atoms with Gasteiger partial charge in [-0.15, -0.1) is 0 Å². The molecule has 0 bridgehead atoms. The predicted octanol–water partition coefficient (Wildman–Crippen LogP) is 3.08. The first-order chi connectivity index (χ1) is 13.2. The van der Waals surface area contributed by atoms with Gasteiger partial charge in [-0.2, -0.15) is 0 Å². The molecule has 8 heteroatoms. The Balaban J connectivity index is 2.86. The maximum atomic E-state index is 12.2. The lowest BCUT2D eigenvalue weighted by atomic mass is 9.64. The molecule has 0 aromatic carbocycles. The zero-order valence-corrected chi connectivity index (χ0v) is 15.6. The molecule has 0 saturated carbocycles. The van der Waals surface area contributed by atoms with Crippen molar-refractivity contribution in [2.45, 2.75) is 64.2 Å². The van der Waals surface area contributed by atoms with E-state index in [9.17, 15) is 39.6 Å². The molecule has 8 nitrogen and oxygen atoms in total. The van der Waals surface area contributed by atoms with Crippen molar-refractivity contribution in [1.29, 1.82) is 0 Å². The van der Waals surface area contributed by atoms with Gasteiger partial charge in [-0.25, -0.2) is 4.79 Å². The van der Waals surface area contributed by atoms with Gasteiger partial charge in [0.05, 0.1) is 11.5 Å². The number of allylic oxidation sites excluding steroid dienone is 3. The fraction of sp³-hybridized carbons (Fsp3) is 0.600. The highest BCUT2D eigenvalue weighted by molar-refractivity contribution is 6.13. The van der Waals surface area contributed by atoms with E-state index in [2.05, 4.69) is 0 Å². The van der Waals surface area contributed by atoms with Crippen LogP contribution in [-0.4, -0.2) is 44.3 Å². The molecule has 0 spiro atoms. The number of hydrogen-bond acceptors (Lipinski definition) is 4. The molecule has 2 aliphatic rings. The van der Waals surface area contributed by atoms with Crippen molar-refractivity contribution in [3.8, 4) is 0 Å². The van der Waals surface area contributed by atoms with Crippen molar-refractivity contribution in [1.82, 2.24) is 0 Å². The summed E-state index contributed by atoms with van der Waals surface area (Å²) in [5, 5.41) is 39.3. The Morgan fingerprint density at radius 1 is 0.821 bits per heavy atom. The van der Waals surface area contributed by atoms with E-state index in [1.807, 2.05) is 6.08 Å². The van der Waals surface area contributed by atoms with Crippen LogP contribution in [0.4, 0.5) is 0 Å². The normalized spacial score (nSPS) is 27.9. The monoisotopic (exact) mass is 394 g/mol. The average molecular weight is 394 g/mol. The third-order valence-electron chi connectivity index (χ3n) is 5.75. The van der Waals surface area contributed by atoms with Crippen LogP contribution in [0.2, 0.25) is 0 Å². The highest BCUT2D eigenvalue weighted by Crippen LogP contribution is 2.46. The maximum Gasteiger partial charge on any atom is 0.333 e. The molecule has 0 aliphatic heterocycles. The van der Waals surface area contributed by atoms with E-state index in [0.717, 1.165) is 25.7 Å². The summed E-state index contributed by atoms with van der Waals surface area (Å²) in [6.45, 7) is 0. The zero-order valence-electron chi connectivity index (χ0n) is 15.6. The van der Waals surface area contributed by atoms with E-state index < -0.39 is 40.8 Å². The van der Waals surface area contributed by atoms with Crippen LogP contribution >= 0.6 is 0 Å². The van der Waals surface area contributed by atoms with Gasteiger partial charge < -0.3 is 20.4 Å². The summed E-state index contributed by atoms with van der Waals surface area (Å²) < 4.78 is 0. The molecule has 1 unspecified atom stereocenters. The molecule has 0 aromatic rings. The van der Waals surface area contributed by atoms with Gasteiger partial charge in [-0.1, -0.05) is 25.3 Å². The molecule has 0 saturated heterocycles. The molecular weight excluding hydrogens is 368 g/mol. The van der Waals surface area contributed by atoms with Gasteiger partial charge in [-0.3, -0.25) is 14.4 Å². The van der Waals surface area contributed by atoms with Gasteiger partial charge in [0.25, 0.3) is 0 Å². The zero-order chi connectivity index (χ0) is 20.9. The molecule has 2 rings (SSSR count). The summed E-state index contributed by atoms with van der Waals surface area (Å²) in [7, 11) is 0. The van der Waals surface area contributed by atoms with Gasteiger partial charge in [0.2, 0.25) is 5.41 Å². The van der Waals surface area contributed by atoms with Crippen molar-refractivity contribution in [2.24, 2.45) is 11.3 Å². The molecule has 28 heavy (non-hydrogen) atoms. The van der Waals surface area contributed by atoms with E-state index in [1.54, 1.807) is 0 Å². The Labute approximate surface area is 162 Å². The number of aliphatic carboxylic acids is 4. The van der Waals surface area contributed by atoms with Crippen LogP contribution in [0.3, 0.4) is 0 Å². The van der Waals surface area contributed by atoms with E-state index in [4.69, 9.17) is 0 Å². The topological polar surface area (TPSA) is 149 Å². The van der Waals surface area contributed by atoms with Gasteiger partial charge >= 0.3 is 23.9 Å². The van der Waals surface area contributed by atoms with E-state index in [0.29, 0.717) is 31.3 Å². The predicted molar refractivity (Wildman–Crippen MR) is 97.7 cm³/mol. The lowest BCUT2D eigenvalue weighted by Crippen LogP contribution is -2.52. The molecular formula is C20H26O8. The first-order valence-electron chi connectivity index (χ1n) is 9.60. The molecule has 0 aromatic heterocycles. The summed E-state index contributed by atoms with van der Waals surface area (Å²) in [5.74, 6) is -9.06. The number of carboxylic acid groups (broad SMARTS) is 4. The van der Waals surface area contributed by atoms with E-state index in [-0.39, 0.29) is 18.4 Å². The Bertz CT molecular complexity index is 716. The number of rotatable bonds is 5. The minimum absolute atomic E-state index is 0.185. The Kier molecular flexibility index (Phi) is 6.99. The molecule has 0 fully saturated rings. The van der Waals surface area contributed by atoms with Gasteiger partial charge in [0.1, 0.15) is 0 Å². The third kappa shape index (κ3) is 3.95.